The zero-order valence-electron chi connectivity index (χ0n) is 20.4. The van der Waals surface area contributed by atoms with E-state index in [4.69, 9.17) is 58.0 Å². The minimum absolute atomic E-state index is 0.102. The first-order valence-electron chi connectivity index (χ1n) is 11.4. The maximum absolute atomic E-state index is 15.0. The molecule has 0 heterocycles. The quantitative estimate of drug-likeness (QED) is 0.198. The van der Waals surface area contributed by atoms with Crippen LogP contribution in [0.25, 0.3) is 0 Å². The number of benzene rings is 3. The number of carbonyl (C=O) groups excluding carboxylic acids is 3. The number of anilines is 3. The van der Waals surface area contributed by atoms with Gasteiger partial charge in [-0.15, -0.1) is 23.2 Å². The monoisotopic (exact) mass is 669 g/mol. The van der Waals surface area contributed by atoms with Crippen LogP contribution in [0.3, 0.4) is 0 Å². The van der Waals surface area contributed by atoms with Crippen LogP contribution in [0.4, 0.5) is 34.6 Å². The lowest BCUT2D eigenvalue weighted by molar-refractivity contribution is -0.128. The summed E-state index contributed by atoms with van der Waals surface area (Å²) in [6.07, 6.45) is -3.52. The van der Waals surface area contributed by atoms with Crippen LogP contribution in [0.2, 0.25) is 15.1 Å². The number of hydrogen-bond donors (Lipinski definition) is 2. The summed E-state index contributed by atoms with van der Waals surface area (Å²) in [6.45, 7) is 0. The van der Waals surface area contributed by atoms with Crippen LogP contribution in [-0.2, 0) is 9.59 Å². The largest absolute Gasteiger partial charge is 0.326 e. The third-order valence-electron chi connectivity index (χ3n) is 6.23. The normalized spacial score (nSPS) is 17.2. The van der Waals surface area contributed by atoms with Gasteiger partial charge in [0.1, 0.15) is 15.8 Å². The lowest BCUT2D eigenvalue weighted by Gasteiger charge is -2.20. The van der Waals surface area contributed by atoms with E-state index in [-0.39, 0.29) is 21.2 Å². The third kappa shape index (κ3) is 6.36. The predicted octanol–water partition coefficient (Wildman–Crippen LogP) is 7.93. The molecule has 0 aliphatic heterocycles. The van der Waals surface area contributed by atoms with Crippen LogP contribution in [0.15, 0.2) is 48.5 Å². The summed E-state index contributed by atoms with van der Waals surface area (Å²) in [5.74, 6) is -7.77. The number of carbonyl (C=O) groups is 3. The van der Waals surface area contributed by atoms with E-state index in [2.05, 4.69) is 10.6 Å². The summed E-state index contributed by atoms with van der Waals surface area (Å²) >= 11 is 31.0. The lowest BCUT2D eigenvalue weighted by Crippen LogP contribution is -2.33. The van der Waals surface area contributed by atoms with Gasteiger partial charge in [0, 0.05) is 28.7 Å². The Balaban J connectivity index is 1.54. The van der Waals surface area contributed by atoms with Gasteiger partial charge in [0.05, 0.1) is 22.2 Å². The molecule has 6 nitrogen and oxygen atoms in total. The SMILES string of the molecule is CN(C(=O)C(F)F)c1c(F)ccc(NC(=O)c2cc(NC(=O)C3[C@H](c4cc(Cl)cc(Cl)c4)C3(Cl)Cl)ccc2Cl)c1F. The molecule has 3 aromatic rings. The first-order chi connectivity index (χ1) is 19.1. The highest BCUT2D eigenvalue weighted by molar-refractivity contribution is 6.53. The van der Waals surface area contributed by atoms with Crippen molar-refractivity contribution in [2.24, 2.45) is 5.92 Å². The van der Waals surface area contributed by atoms with Crippen molar-refractivity contribution in [1.29, 1.82) is 0 Å². The number of hydrogen-bond acceptors (Lipinski definition) is 3. The molecule has 216 valence electrons. The second-order valence-corrected chi connectivity index (χ2v) is 11.7. The molecule has 2 N–H and O–H groups in total. The maximum atomic E-state index is 15.0. The Hall–Kier alpha value is -2.76. The molecule has 0 spiro atoms. The number of halogens is 9. The Morgan fingerprint density at radius 1 is 0.927 bits per heavy atom. The van der Waals surface area contributed by atoms with E-state index in [0.29, 0.717) is 21.7 Å². The minimum Gasteiger partial charge on any atom is -0.326 e. The van der Waals surface area contributed by atoms with Gasteiger partial charge in [-0.25, -0.2) is 8.78 Å². The van der Waals surface area contributed by atoms with E-state index in [0.717, 1.165) is 13.1 Å². The number of rotatable bonds is 7. The molecule has 1 aliphatic carbocycles. The maximum Gasteiger partial charge on any atom is 0.316 e. The van der Waals surface area contributed by atoms with Crippen molar-refractivity contribution in [3.05, 3.63) is 86.4 Å². The zero-order chi connectivity index (χ0) is 30.4. The third-order valence-corrected chi connectivity index (χ3v) is 7.93. The summed E-state index contributed by atoms with van der Waals surface area (Å²) in [7, 11) is 0.756. The molecule has 1 fully saturated rings. The van der Waals surface area contributed by atoms with E-state index < -0.39 is 63.3 Å². The van der Waals surface area contributed by atoms with Crippen LogP contribution in [-0.4, -0.2) is 35.5 Å². The van der Waals surface area contributed by atoms with Crippen molar-refractivity contribution in [3.8, 4) is 0 Å². The van der Waals surface area contributed by atoms with E-state index in [1.807, 2.05) is 0 Å². The molecular formula is C26H16Cl5F4N3O3. The Labute approximate surface area is 255 Å². The molecule has 1 saturated carbocycles. The van der Waals surface area contributed by atoms with Crippen LogP contribution >= 0.6 is 58.0 Å². The molecule has 3 amide bonds. The second kappa shape index (κ2) is 11.9. The fraction of sp³-hybridized carbons (Fsp3) is 0.192. The molecule has 15 heteroatoms. The topological polar surface area (TPSA) is 78.5 Å². The summed E-state index contributed by atoms with van der Waals surface area (Å²) in [4.78, 5) is 37.7. The zero-order valence-corrected chi connectivity index (χ0v) is 24.2. The Kier molecular flexibility index (Phi) is 9.01. The number of nitrogens with one attached hydrogen (secondary N) is 2. The summed E-state index contributed by atoms with van der Waals surface area (Å²) in [6, 6.07) is 10.0. The van der Waals surface area contributed by atoms with Gasteiger partial charge in [-0.2, -0.15) is 8.78 Å². The first kappa shape index (κ1) is 31.2. The molecule has 3 aromatic carbocycles. The smallest absolute Gasteiger partial charge is 0.316 e. The first-order valence-corrected chi connectivity index (χ1v) is 13.3. The molecule has 0 saturated heterocycles. The van der Waals surface area contributed by atoms with E-state index >= 15 is 4.39 Å². The number of alkyl halides is 4. The van der Waals surface area contributed by atoms with Gasteiger partial charge in [0.25, 0.3) is 11.8 Å². The summed E-state index contributed by atoms with van der Waals surface area (Å²) in [5, 5.41) is 5.30. The van der Waals surface area contributed by atoms with Crippen LogP contribution in [0.5, 0.6) is 0 Å². The highest BCUT2D eigenvalue weighted by Crippen LogP contribution is 2.65. The van der Waals surface area contributed by atoms with Gasteiger partial charge in [-0.05, 0) is 54.1 Å². The number of nitrogens with zero attached hydrogens (tertiary/aromatic N) is 1. The molecular weight excluding hydrogens is 656 g/mol. The van der Waals surface area contributed by atoms with Crippen LogP contribution in [0.1, 0.15) is 21.8 Å². The van der Waals surface area contributed by atoms with Crippen molar-refractivity contribution < 1.29 is 31.9 Å². The van der Waals surface area contributed by atoms with Crippen LogP contribution < -0.4 is 15.5 Å². The highest BCUT2D eigenvalue weighted by atomic mass is 35.5. The Bertz CT molecular complexity index is 1550. The standard InChI is InChI=1S/C26H16Cl5F4N3O3/c1-38(25(41)22(34)35)21-16(32)4-5-17(20(21)33)37-23(39)14-9-13(2-3-15(14)29)36-24(40)19-18(26(19,30)31)10-6-11(27)8-12(28)7-10/h2-9,18-19,22H,1H3,(H,36,40)(H,37,39)/t18-,19?/m0/s1. The van der Waals surface area contributed by atoms with Crippen molar-refractivity contribution in [2.45, 2.75) is 16.7 Å². The minimum atomic E-state index is -3.52. The van der Waals surface area contributed by atoms with E-state index in [1.54, 1.807) is 12.1 Å². The van der Waals surface area contributed by atoms with Gasteiger partial charge < -0.3 is 15.5 Å². The van der Waals surface area contributed by atoms with Gasteiger partial charge in [-0.1, -0.05) is 34.8 Å². The van der Waals surface area contributed by atoms with Gasteiger partial charge in [0.2, 0.25) is 5.91 Å². The average Bonchev–Trinajstić information content (AvgIpc) is 3.47. The Morgan fingerprint density at radius 3 is 2.17 bits per heavy atom. The number of amides is 3. The van der Waals surface area contributed by atoms with Gasteiger partial charge in [0.15, 0.2) is 5.82 Å². The van der Waals surface area contributed by atoms with Gasteiger partial charge >= 0.3 is 6.43 Å². The summed E-state index contributed by atoms with van der Waals surface area (Å²) < 4.78 is 53.3. The van der Waals surface area contributed by atoms with Gasteiger partial charge in [-0.3, -0.25) is 14.4 Å². The van der Waals surface area contributed by atoms with Crippen LogP contribution in [0, 0.1) is 17.6 Å². The molecule has 0 radical (unpaired) electrons. The second-order valence-electron chi connectivity index (χ2n) is 8.93. The van der Waals surface area contributed by atoms with Crippen molar-refractivity contribution in [2.75, 3.05) is 22.6 Å². The fourth-order valence-corrected chi connectivity index (χ4v) is 5.79. The molecule has 41 heavy (non-hydrogen) atoms. The van der Waals surface area contributed by atoms with Crippen molar-refractivity contribution in [1.82, 2.24) is 0 Å². The average molecular weight is 672 g/mol. The molecule has 0 aromatic heterocycles. The molecule has 1 unspecified atom stereocenters. The van der Waals surface area contributed by atoms with E-state index in [1.165, 1.54) is 24.3 Å². The molecule has 2 atom stereocenters. The lowest BCUT2D eigenvalue weighted by atomic mass is 10.1. The van der Waals surface area contributed by atoms with Crippen molar-refractivity contribution >= 4 is 92.8 Å². The summed E-state index contributed by atoms with van der Waals surface area (Å²) in [5.41, 5.74) is -1.30. The highest BCUT2D eigenvalue weighted by Gasteiger charge is 2.67. The predicted molar refractivity (Wildman–Crippen MR) is 151 cm³/mol. The van der Waals surface area contributed by atoms with Crippen molar-refractivity contribution in [3.63, 3.8) is 0 Å². The Morgan fingerprint density at radius 2 is 1.56 bits per heavy atom. The molecule has 0 bridgehead atoms. The van der Waals surface area contributed by atoms with E-state index in [9.17, 15) is 27.6 Å². The molecule has 4 rings (SSSR count). The molecule has 1 aliphatic rings. The fourth-order valence-electron chi connectivity index (χ4n) is 4.21.